The van der Waals surface area contributed by atoms with Crippen LogP contribution >= 0.6 is 11.6 Å². The third-order valence-electron chi connectivity index (χ3n) is 3.76. The molecule has 1 atom stereocenters. The molecule has 0 aliphatic rings. The first-order chi connectivity index (χ1) is 11.5. The van der Waals surface area contributed by atoms with Crippen LogP contribution in [0.15, 0.2) is 59.0 Å². The number of benzene rings is 2. The lowest BCUT2D eigenvalue weighted by Crippen LogP contribution is -2.35. The summed E-state index contributed by atoms with van der Waals surface area (Å²) in [7, 11) is 3.95. The van der Waals surface area contributed by atoms with E-state index in [2.05, 4.69) is 5.32 Å². The van der Waals surface area contributed by atoms with Crippen molar-refractivity contribution in [2.75, 3.05) is 20.6 Å². The summed E-state index contributed by atoms with van der Waals surface area (Å²) >= 11 is 5.98. The largest absolute Gasteiger partial charge is 0.451 e. The van der Waals surface area contributed by atoms with E-state index in [1.807, 2.05) is 49.3 Å². The first kappa shape index (κ1) is 16.6. The molecule has 3 rings (SSSR count). The Hall–Kier alpha value is -2.30. The topological polar surface area (TPSA) is 45.5 Å². The summed E-state index contributed by atoms with van der Waals surface area (Å²) in [5, 5.41) is 4.48. The summed E-state index contributed by atoms with van der Waals surface area (Å²) in [6.45, 7) is 0.696. The van der Waals surface area contributed by atoms with Crippen LogP contribution in [0.5, 0.6) is 0 Å². The van der Waals surface area contributed by atoms with Gasteiger partial charge < -0.3 is 14.6 Å². The van der Waals surface area contributed by atoms with Crippen LogP contribution in [-0.2, 0) is 0 Å². The number of nitrogens with one attached hydrogen (secondary N) is 1. The lowest BCUT2D eigenvalue weighted by atomic mass is 10.1. The number of furan rings is 1. The zero-order valence-electron chi connectivity index (χ0n) is 13.6. The van der Waals surface area contributed by atoms with Gasteiger partial charge in [0.05, 0.1) is 6.04 Å². The number of carbonyl (C=O) groups is 1. The van der Waals surface area contributed by atoms with Crippen LogP contribution in [0.4, 0.5) is 0 Å². The Labute approximate surface area is 146 Å². The van der Waals surface area contributed by atoms with Gasteiger partial charge in [0.25, 0.3) is 5.91 Å². The van der Waals surface area contributed by atoms with Gasteiger partial charge in [0.15, 0.2) is 5.76 Å². The highest BCUT2D eigenvalue weighted by atomic mass is 35.5. The molecule has 3 aromatic rings. The third kappa shape index (κ3) is 3.78. The van der Waals surface area contributed by atoms with Gasteiger partial charge in [-0.1, -0.05) is 41.9 Å². The van der Waals surface area contributed by atoms with E-state index in [4.69, 9.17) is 16.0 Å². The quantitative estimate of drug-likeness (QED) is 0.758. The number of likely N-dealkylation sites (N-methyl/N-ethyl adjacent to an activating group) is 1. The van der Waals surface area contributed by atoms with E-state index in [0.717, 1.165) is 10.9 Å². The molecule has 1 aromatic heterocycles. The number of halogens is 1. The van der Waals surface area contributed by atoms with Crippen LogP contribution in [-0.4, -0.2) is 31.4 Å². The maximum absolute atomic E-state index is 12.6. The average molecular weight is 343 g/mol. The Kier molecular flexibility index (Phi) is 4.88. The molecule has 0 fully saturated rings. The second-order valence-electron chi connectivity index (χ2n) is 5.99. The number of amides is 1. The summed E-state index contributed by atoms with van der Waals surface area (Å²) in [5.74, 6) is 0.0463. The lowest BCUT2D eigenvalue weighted by molar-refractivity contribution is 0.0904. The van der Waals surface area contributed by atoms with Gasteiger partial charge in [-0.05, 0) is 43.9 Å². The molecule has 0 bridgehead atoms. The Morgan fingerprint density at radius 2 is 1.92 bits per heavy atom. The van der Waals surface area contributed by atoms with Gasteiger partial charge >= 0.3 is 0 Å². The highest BCUT2D eigenvalue weighted by Crippen LogP contribution is 2.23. The summed E-state index contributed by atoms with van der Waals surface area (Å²) in [4.78, 5) is 14.6. The minimum atomic E-state index is -0.238. The van der Waals surface area contributed by atoms with Crippen molar-refractivity contribution in [1.82, 2.24) is 10.2 Å². The molecular weight excluding hydrogens is 324 g/mol. The Morgan fingerprint density at radius 3 is 2.62 bits per heavy atom. The highest BCUT2D eigenvalue weighted by Gasteiger charge is 2.19. The summed E-state index contributed by atoms with van der Waals surface area (Å²) in [6.07, 6.45) is 0. The Balaban J connectivity index is 1.84. The van der Waals surface area contributed by atoms with E-state index in [1.54, 1.807) is 24.3 Å². The predicted octanol–water partition coefficient (Wildman–Crippen LogP) is 4.12. The van der Waals surface area contributed by atoms with Gasteiger partial charge in [-0.25, -0.2) is 0 Å². The van der Waals surface area contributed by atoms with E-state index in [0.29, 0.717) is 17.2 Å². The van der Waals surface area contributed by atoms with Crippen LogP contribution in [0.2, 0.25) is 5.02 Å². The van der Waals surface area contributed by atoms with Crippen molar-refractivity contribution in [2.45, 2.75) is 6.04 Å². The minimum absolute atomic E-state index is 0.120. The second-order valence-corrected chi connectivity index (χ2v) is 6.43. The highest BCUT2D eigenvalue weighted by molar-refractivity contribution is 6.31. The van der Waals surface area contributed by atoms with Crippen LogP contribution < -0.4 is 5.32 Å². The predicted molar refractivity (Wildman–Crippen MR) is 96.4 cm³/mol. The Morgan fingerprint density at radius 1 is 1.17 bits per heavy atom. The monoisotopic (exact) mass is 342 g/mol. The number of carbonyl (C=O) groups excluding carboxylic acids is 1. The molecule has 0 spiro atoms. The zero-order chi connectivity index (χ0) is 17.1. The van der Waals surface area contributed by atoms with Crippen molar-refractivity contribution >= 4 is 28.5 Å². The fourth-order valence-corrected chi connectivity index (χ4v) is 2.82. The first-order valence-electron chi connectivity index (χ1n) is 7.72. The average Bonchev–Trinajstić information content (AvgIpc) is 2.98. The number of hydrogen-bond donors (Lipinski definition) is 1. The summed E-state index contributed by atoms with van der Waals surface area (Å²) in [5.41, 5.74) is 1.70. The van der Waals surface area contributed by atoms with E-state index in [9.17, 15) is 4.79 Å². The number of rotatable bonds is 5. The maximum atomic E-state index is 12.6. The second kappa shape index (κ2) is 7.07. The molecule has 1 N–H and O–H groups in total. The van der Waals surface area contributed by atoms with Gasteiger partial charge in [-0.2, -0.15) is 0 Å². The standard InChI is InChI=1S/C19H19ClN2O2/c1-22(2)12-16(13-6-4-3-5-7-13)21-19(23)18-11-14-10-15(20)8-9-17(14)24-18/h3-11,16H,12H2,1-2H3,(H,21,23)/t16-/m1/s1. The zero-order valence-corrected chi connectivity index (χ0v) is 14.4. The van der Waals surface area contributed by atoms with Crippen LogP contribution in [0.3, 0.4) is 0 Å². The molecule has 0 saturated heterocycles. The molecule has 0 saturated carbocycles. The molecule has 4 nitrogen and oxygen atoms in total. The molecule has 124 valence electrons. The first-order valence-corrected chi connectivity index (χ1v) is 8.10. The third-order valence-corrected chi connectivity index (χ3v) is 3.99. The number of hydrogen-bond acceptors (Lipinski definition) is 3. The molecule has 24 heavy (non-hydrogen) atoms. The normalized spacial score (nSPS) is 12.5. The molecule has 0 unspecified atom stereocenters. The van der Waals surface area contributed by atoms with Crippen molar-refractivity contribution < 1.29 is 9.21 Å². The van der Waals surface area contributed by atoms with E-state index in [1.165, 1.54) is 0 Å². The van der Waals surface area contributed by atoms with Crippen LogP contribution in [0, 0.1) is 0 Å². The maximum Gasteiger partial charge on any atom is 0.287 e. The van der Waals surface area contributed by atoms with Crippen molar-refractivity contribution in [3.8, 4) is 0 Å². The van der Waals surface area contributed by atoms with Gasteiger partial charge in [-0.15, -0.1) is 0 Å². The van der Waals surface area contributed by atoms with Crippen molar-refractivity contribution in [3.63, 3.8) is 0 Å². The molecule has 0 aliphatic heterocycles. The van der Waals surface area contributed by atoms with Crippen LogP contribution in [0.1, 0.15) is 22.2 Å². The summed E-state index contributed by atoms with van der Waals surface area (Å²) in [6, 6.07) is 16.8. The van der Waals surface area contributed by atoms with Gasteiger partial charge in [-0.3, -0.25) is 4.79 Å². The number of fused-ring (bicyclic) bond motifs is 1. The molecule has 1 amide bonds. The van der Waals surface area contributed by atoms with Crippen molar-refractivity contribution in [1.29, 1.82) is 0 Å². The van der Waals surface area contributed by atoms with E-state index >= 15 is 0 Å². The molecule has 0 aliphatic carbocycles. The van der Waals surface area contributed by atoms with Gasteiger partial charge in [0.2, 0.25) is 0 Å². The lowest BCUT2D eigenvalue weighted by Gasteiger charge is -2.22. The van der Waals surface area contributed by atoms with Crippen molar-refractivity contribution in [2.24, 2.45) is 0 Å². The fourth-order valence-electron chi connectivity index (χ4n) is 2.64. The fraction of sp³-hybridized carbons (Fsp3) is 0.211. The minimum Gasteiger partial charge on any atom is -0.451 e. The van der Waals surface area contributed by atoms with E-state index in [-0.39, 0.29) is 17.7 Å². The molecule has 0 radical (unpaired) electrons. The SMILES string of the molecule is CN(C)C[C@@H](NC(=O)c1cc2cc(Cl)ccc2o1)c1ccccc1. The smallest absolute Gasteiger partial charge is 0.287 e. The van der Waals surface area contributed by atoms with E-state index < -0.39 is 0 Å². The van der Waals surface area contributed by atoms with Gasteiger partial charge in [0.1, 0.15) is 5.58 Å². The molecular formula is C19H19ClN2O2. The molecule has 2 aromatic carbocycles. The van der Waals surface area contributed by atoms with Crippen molar-refractivity contribution in [3.05, 3.63) is 70.9 Å². The molecule has 5 heteroatoms. The number of nitrogens with zero attached hydrogens (tertiary/aromatic N) is 1. The van der Waals surface area contributed by atoms with Gasteiger partial charge in [0, 0.05) is 17.0 Å². The summed E-state index contributed by atoms with van der Waals surface area (Å²) < 4.78 is 5.64. The van der Waals surface area contributed by atoms with Crippen LogP contribution in [0.25, 0.3) is 11.0 Å². The Bertz CT molecular complexity index is 843. The molecule has 1 heterocycles.